The first kappa shape index (κ1) is 19.2. The van der Waals surface area contributed by atoms with Crippen LogP contribution in [0.3, 0.4) is 0 Å². The normalized spacial score (nSPS) is 13.5. The van der Waals surface area contributed by atoms with Gasteiger partial charge in [-0.05, 0) is 30.0 Å². The number of benzene rings is 1. The molecule has 0 saturated heterocycles. The minimum Gasteiger partial charge on any atom is -0.255 e. The molecule has 2 aromatic rings. The molecule has 1 aromatic carbocycles. The molecule has 0 fully saturated rings. The van der Waals surface area contributed by atoms with Gasteiger partial charge in [0.15, 0.2) is 0 Å². The van der Waals surface area contributed by atoms with Crippen molar-refractivity contribution in [1.82, 2.24) is 14.1 Å². The van der Waals surface area contributed by atoms with Crippen molar-refractivity contribution in [2.45, 2.75) is 37.6 Å². The molecule has 0 amide bonds. The van der Waals surface area contributed by atoms with E-state index in [0.29, 0.717) is 11.6 Å². The molecule has 0 saturated carbocycles. The van der Waals surface area contributed by atoms with Gasteiger partial charge in [0.05, 0.1) is 17.1 Å². The average Bonchev–Trinajstić information content (AvgIpc) is 2.81. The summed E-state index contributed by atoms with van der Waals surface area (Å²) in [5.41, 5.74) is 1.55. The molecule has 1 heterocycles. The van der Waals surface area contributed by atoms with Crippen molar-refractivity contribution in [3.05, 3.63) is 45.7 Å². The highest BCUT2D eigenvalue weighted by Crippen LogP contribution is 2.27. The van der Waals surface area contributed by atoms with Gasteiger partial charge in [0, 0.05) is 14.1 Å². The number of aryl methyl sites for hydroxylation is 1. The van der Waals surface area contributed by atoms with E-state index in [1.54, 1.807) is 19.2 Å². The summed E-state index contributed by atoms with van der Waals surface area (Å²) in [5, 5.41) is 4.71. The van der Waals surface area contributed by atoms with Crippen molar-refractivity contribution in [2.24, 2.45) is 7.05 Å². The Kier molecular flexibility index (Phi) is 5.96. The molecule has 5 nitrogen and oxygen atoms in total. The van der Waals surface area contributed by atoms with E-state index in [1.165, 1.54) is 16.0 Å². The van der Waals surface area contributed by atoms with Crippen LogP contribution in [0.1, 0.15) is 37.4 Å². The van der Waals surface area contributed by atoms with E-state index in [4.69, 9.17) is 23.2 Å². The third-order valence-corrected chi connectivity index (χ3v) is 6.88. The molecule has 0 N–H and O–H groups in total. The van der Waals surface area contributed by atoms with Crippen LogP contribution in [0.4, 0.5) is 0 Å². The van der Waals surface area contributed by atoms with Crippen LogP contribution < -0.4 is 0 Å². The first-order valence-corrected chi connectivity index (χ1v) is 9.81. The summed E-state index contributed by atoms with van der Waals surface area (Å²) in [4.78, 5) is 0.246. The van der Waals surface area contributed by atoms with E-state index < -0.39 is 10.0 Å². The molecular formula is C16H21Cl2N3O2S. The summed E-state index contributed by atoms with van der Waals surface area (Å²) in [6.45, 7) is 4.27. The summed E-state index contributed by atoms with van der Waals surface area (Å²) >= 11 is 12.1. The third kappa shape index (κ3) is 3.77. The van der Waals surface area contributed by atoms with Crippen molar-refractivity contribution in [1.29, 1.82) is 0 Å². The largest absolute Gasteiger partial charge is 0.255 e. The fourth-order valence-electron chi connectivity index (χ4n) is 2.31. The van der Waals surface area contributed by atoms with Gasteiger partial charge in [0.25, 0.3) is 0 Å². The van der Waals surface area contributed by atoms with Gasteiger partial charge in [-0.3, -0.25) is 4.68 Å². The zero-order chi connectivity index (χ0) is 18.1. The second-order valence-electron chi connectivity index (χ2n) is 5.81. The summed E-state index contributed by atoms with van der Waals surface area (Å²) < 4.78 is 28.0. The monoisotopic (exact) mass is 389 g/mol. The fourth-order valence-corrected chi connectivity index (χ4v) is 3.81. The Bertz CT molecular complexity index is 817. The van der Waals surface area contributed by atoms with Crippen molar-refractivity contribution in [3.8, 4) is 0 Å². The molecular weight excluding hydrogens is 369 g/mol. The van der Waals surface area contributed by atoms with Crippen LogP contribution in [0.15, 0.2) is 29.2 Å². The number of nitrogens with zero attached hydrogens (tertiary/aromatic N) is 3. The van der Waals surface area contributed by atoms with Crippen LogP contribution in [0, 0.1) is 0 Å². The molecule has 0 unspecified atom stereocenters. The van der Waals surface area contributed by atoms with Crippen LogP contribution in [-0.4, -0.2) is 29.6 Å². The number of sulfonamides is 1. The van der Waals surface area contributed by atoms with E-state index in [2.05, 4.69) is 18.9 Å². The fraction of sp³-hybridized carbons (Fsp3) is 0.438. The van der Waals surface area contributed by atoms with Gasteiger partial charge in [0.2, 0.25) is 10.0 Å². The molecule has 0 aliphatic heterocycles. The molecule has 132 valence electrons. The van der Waals surface area contributed by atoms with Gasteiger partial charge < -0.3 is 0 Å². The molecule has 0 spiro atoms. The predicted octanol–water partition coefficient (Wildman–Crippen LogP) is 4.06. The van der Waals surface area contributed by atoms with Crippen molar-refractivity contribution in [3.63, 3.8) is 0 Å². The highest BCUT2D eigenvalue weighted by atomic mass is 35.5. The van der Waals surface area contributed by atoms with Gasteiger partial charge in [-0.1, -0.05) is 49.2 Å². The zero-order valence-electron chi connectivity index (χ0n) is 14.1. The maximum absolute atomic E-state index is 12.7. The molecule has 1 aromatic heterocycles. The Hall–Kier alpha value is -1.08. The molecule has 0 radical (unpaired) electrons. The zero-order valence-corrected chi connectivity index (χ0v) is 16.5. The van der Waals surface area contributed by atoms with E-state index in [0.717, 1.165) is 12.0 Å². The molecule has 8 heteroatoms. The minimum atomic E-state index is -3.62. The van der Waals surface area contributed by atoms with Crippen LogP contribution >= 0.6 is 23.2 Å². The Balaban J connectivity index is 2.24. The SMILES string of the molecule is CC[C@H](C)c1ccc(S(=O)(=O)N(C)Cc2nn(C)c(Cl)c2Cl)cc1. The lowest BCUT2D eigenvalue weighted by Crippen LogP contribution is -2.27. The lowest BCUT2D eigenvalue weighted by atomic mass is 9.99. The molecule has 1 atom stereocenters. The Morgan fingerprint density at radius 2 is 1.83 bits per heavy atom. The van der Waals surface area contributed by atoms with Crippen LogP contribution in [-0.2, 0) is 23.6 Å². The van der Waals surface area contributed by atoms with Gasteiger partial charge in [-0.25, -0.2) is 8.42 Å². The van der Waals surface area contributed by atoms with Crippen molar-refractivity contribution >= 4 is 33.2 Å². The predicted molar refractivity (Wildman–Crippen MR) is 97.0 cm³/mol. The van der Waals surface area contributed by atoms with E-state index >= 15 is 0 Å². The second kappa shape index (κ2) is 7.44. The average molecular weight is 390 g/mol. The molecule has 0 aliphatic rings. The number of rotatable bonds is 6. The summed E-state index contributed by atoms with van der Waals surface area (Å²) in [7, 11) is -0.475. The highest BCUT2D eigenvalue weighted by molar-refractivity contribution is 7.89. The van der Waals surface area contributed by atoms with Gasteiger partial charge in [-0.2, -0.15) is 9.40 Å². The summed E-state index contributed by atoms with van der Waals surface area (Å²) in [6.07, 6.45) is 1.00. The first-order chi connectivity index (χ1) is 11.2. The van der Waals surface area contributed by atoms with E-state index in [-0.39, 0.29) is 21.6 Å². The number of hydrogen-bond acceptors (Lipinski definition) is 3. The topological polar surface area (TPSA) is 55.2 Å². The number of halogens is 2. The van der Waals surface area contributed by atoms with Crippen molar-refractivity contribution in [2.75, 3.05) is 7.05 Å². The van der Waals surface area contributed by atoms with Gasteiger partial charge in [0.1, 0.15) is 10.2 Å². The maximum atomic E-state index is 12.7. The third-order valence-electron chi connectivity index (χ3n) is 4.13. The molecule has 24 heavy (non-hydrogen) atoms. The first-order valence-electron chi connectivity index (χ1n) is 7.61. The van der Waals surface area contributed by atoms with Crippen LogP contribution in [0.2, 0.25) is 10.2 Å². The Labute approximate surface area is 153 Å². The van der Waals surface area contributed by atoms with Gasteiger partial charge >= 0.3 is 0 Å². The van der Waals surface area contributed by atoms with E-state index in [1.807, 2.05) is 12.1 Å². The highest BCUT2D eigenvalue weighted by Gasteiger charge is 2.24. The maximum Gasteiger partial charge on any atom is 0.243 e. The number of hydrogen-bond donors (Lipinski definition) is 0. The quantitative estimate of drug-likeness (QED) is 0.748. The second-order valence-corrected chi connectivity index (χ2v) is 8.60. The molecule has 2 rings (SSSR count). The lowest BCUT2D eigenvalue weighted by Gasteiger charge is -2.17. The Morgan fingerprint density at radius 3 is 2.29 bits per heavy atom. The van der Waals surface area contributed by atoms with E-state index in [9.17, 15) is 8.42 Å². The summed E-state index contributed by atoms with van der Waals surface area (Å²) in [5.74, 6) is 0.397. The smallest absolute Gasteiger partial charge is 0.243 e. The number of aromatic nitrogens is 2. The minimum absolute atomic E-state index is 0.0504. The van der Waals surface area contributed by atoms with Crippen LogP contribution in [0.25, 0.3) is 0 Å². The van der Waals surface area contributed by atoms with Crippen molar-refractivity contribution < 1.29 is 8.42 Å². The molecule has 0 aliphatic carbocycles. The standard InChI is InChI=1S/C16H21Cl2N3O2S/c1-5-11(2)12-6-8-13(9-7-12)24(22,23)20(3)10-14-15(17)16(18)21(4)19-14/h6-9,11H,5,10H2,1-4H3/t11-/m0/s1. The lowest BCUT2D eigenvalue weighted by molar-refractivity contribution is 0.460. The summed E-state index contributed by atoms with van der Waals surface area (Å²) in [6, 6.07) is 7.00. The Morgan fingerprint density at radius 1 is 1.25 bits per heavy atom. The molecule has 0 bridgehead atoms. The van der Waals surface area contributed by atoms with Crippen LogP contribution in [0.5, 0.6) is 0 Å². The van der Waals surface area contributed by atoms with Gasteiger partial charge in [-0.15, -0.1) is 0 Å².